The van der Waals surface area contributed by atoms with Gasteiger partial charge in [-0.1, -0.05) is 42.3 Å². The van der Waals surface area contributed by atoms with E-state index in [1.165, 1.54) is 23.8 Å². The van der Waals surface area contributed by atoms with E-state index in [9.17, 15) is 14.4 Å². The van der Waals surface area contributed by atoms with Gasteiger partial charge < -0.3 is 4.90 Å². The van der Waals surface area contributed by atoms with Gasteiger partial charge in [-0.05, 0) is 42.3 Å². The van der Waals surface area contributed by atoms with Gasteiger partial charge in [0.05, 0.1) is 16.0 Å². The normalized spacial score (nSPS) is 16.2. The summed E-state index contributed by atoms with van der Waals surface area (Å²) in [6.07, 6.45) is 1.00. The molecule has 6 nitrogen and oxygen atoms in total. The summed E-state index contributed by atoms with van der Waals surface area (Å²) in [7, 11) is 0. The number of hydrogen-bond acceptors (Lipinski definition) is 3. The number of amides is 3. The standard InChI is InChI=1S/C20H19Cl2N3O3/c1-2-12-3-6-15(7-4-12)25-11-14(10-18(25)26)20(28)24-23-19(27)13-5-8-16(21)17(22)9-13/h3-9,14H,2,10-11H2,1H3,(H,23,27)(H,24,28)/t14-/m1/s1. The number of carbonyl (C=O) groups is 3. The summed E-state index contributed by atoms with van der Waals surface area (Å²) in [4.78, 5) is 38.4. The Hall–Kier alpha value is -2.57. The van der Waals surface area contributed by atoms with Gasteiger partial charge in [0.15, 0.2) is 0 Å². The first kappa shape index (κ1) is 20.2. The van der Waals surface area contributed by atoms with Crippen LogP contribution in [0.3, 0.4) is 0 Å². The third-order valence-electron chi connectivity index (χ3n) is 4.63. The molecule has 3 rings (SSSR count). The molecule has 28 heavy (non-hydrogen) atoms. The molecule has 0 saturated carbocycles. The van der Waals surface area contributed by atoms with Gasteiger partial charge in [-0.25, -0.2) is 0 Å². The Kier molecular flexibility index (Phi) is 6.21. The predicted octanol–water partition coefficient (Wildman–Crippen LogP) is 3.37. The lowest BCUT2D eigenvalue weighted by molar-refractivity contribution is -0.126. The van der Waals surface area contributed by atoms with Gasteiger partial charge in [-0.15, -0.1) is 0 Å². The molecule has 1 heterocycles. The Bertz CT molecular complexity index is 915. The fraction of sp³-hybridized carbons (Fsp3) is 0.250. The van der Waals surface area contributed by atoms with Crippen molar-refractivity contribution in [3.05, 3.63) is 63.6 Å². The van der Waals surface area contributed by atoms with Crippen LogP contribution in [0.4, 0.5) is 5.69 Å². The van der Waals surface area contributed by atoms with Crippen LogP contribution in [0.2, 0.25) is 10.0 Å². The third kappa shape index (κ3) is 4.46. The summed E-state index contributed by atoms with van der Waals surface area (Å²) in [5.74, 6) is -1.62. The fourth-order valence-corrected chi connectivity index (χ4v) is 3.27. The predicted molar refractivity (Wildman–Crippen MR) is 108 cm³/mol. The van der Waals surface area contributed by atoms with E-state index in [2.05, 4.69) is 17.8 Å². The first-order valence-electron chi connectivity index (χ1n) is 8.83. The molecule has 2 N–H and O–H groups in total. The van der Waals surface area contributed by atoms with Crippen molar-refractivity contribution >= 4 is 46.6 Å². The molecule has 0 spiro atoms. The minimum Gasteiger partial charge on any atom is -0.312 e. The summed E-state index contributed by atoms with van der Waals surface area (Å²) in [5.41, 5.74) is 6.91. The summed E-state index contributed by atoms with van der Waals surface area (Å²) in [5, 5.41) is 0.575. The van der Waals surface area contributed by atoms with Crippen LogP contribution in [-0.4, -0.2) is 24.3 Å². The third-order valence-corrected chi connectivity index (χ3v) is 5.37. The van der Waals surface area contributed by atoms with Crippen molar-refractivity contribution in [2.45, 2.75) is 19.8 Å². The van der Waals surface area contributed by atoms with Crippen LogP contribution in [0, 0.1) is 5.92 Å². The number of benzene rings is 2. The average molecular weight is 420 g/mol. The van der Waals surface area contributed by atoms with Crippen LogP contribution < -0.4 is 15.8 Å². The maximum absolute atomic E-state index is 12.4. The smallest absolute Gasteiger partial charge is 0.269 e. The van der Waals surface area contributed by atoms with E-state index in [1.54, 1.807) is 4.90 Å². The second-order valence-corrected chi connectivity index (χ2v) is 7.31. The van der Waals surface area contributed by atoms with Gasteiger partial charge in [0.1, 0.15) is 0 Å². The number of halogens is 2. The molecule has 1 fully saturated rings. The molecule has 0 bridgehead atoms. The highest BCUT2D eigenvalue weighted by Gasteiger charge is 2.35. The monoisotopic (exact) mass is 419 g/mol. The number of aryl methyl sites for hydroxylation is 1. The molecule has 0 unspecified atom stereocenters. The van der Waals surface area contributed by atoms with E-state index < -0.39 is 17.7 Å². The molecular weight excluding hydrogens is 401 g/mol. The first-order valence-corrected chi connectivity index (χ1v) is 9.59. The zero-order valence-corrected chi connectivity index (χ0v) is 16.7. The highest BCUT2D eigenvalue weighted by atomic mass is 35.5. The second kappa shape index (κ2) is 8.63. The Labute approximate surface area is 172 Å². The van der Waals surface area contributed by atoms with Crippen molar-refractivity contribution in [3.63, 3.8) is 0 Å². The molecule has 1 aliphatic rings. The minimum absolute atomic E-state index is 0.0873. The highest BCUT2D eigenvalue weighted by molar-refractivity contribution is 6.42. The van der Waals surface area contributed by atoms with Crippen LogP contribution >= 0.6 is 23.2 Å². The number of nitrogens with zero attached hydrogens (tertiary/aromatic N) is 1. The second-order valence-electron chi connectivity index (χ2n) is 6.50. The fourth-order valence-electron chi connectivity index (χ4n) is 2.97. The summed E-state index contributed by atoms with van der Waals surface area (Å²) >= 11 is 11.7. The Morgan fingerprint density at radius 1 is 1.07 bits per heavy atom. The summed E-state index contributed by atoms with van der Waals surface area (Å²) in [6, 6.07) is 12.1. The molecule has 146 valence electrons. The van der Waals surface area contributed by atoms with E-state index in [0.717, 1.165) is 12.1 Å². The van der Waals surface area contributed by atoms with E-state index in [0.29, 0.717) is 5.02 Å². The number of carbonyl (C=O) groups excluding carboxylic acids is 3. The number of hydrogen-bond donors (Lipinski definition) is 2. The molecule has 2 aromatic carbocycles. The number of anilines is 1. The lowest BCUT2D eigenvalue weighted by Crippen LogP contribution is -2.45. The van der Waals surface area contributed by atoms with E-state index >= 15 is 0 Å². The topological polar surface area (TPSA) is 78.5 Å². The van der Waals surface area contributed by atoms with Crippen molar-refractivity contribution in [2.24, 2.45) is 5.92 Å². The van der Waals surface area contributed by atoms with E-state index in [1.807, 2.05) is 24.3 Å². The highest BCUT2D eigenvalue weighted by Crippen LogP contribution is 2.26. The minimum atomic E-state index is -0.549. The van der Waals surface area contributed by atoms with Crippen molar-refractivity contribution < 1.29 is 14.4 Å². The Morgan fingerprint density at radius 3 is 2.43 bits per heavy atom. The number of nitrogens with one attached hydrogen (secondary N) is 2. The maximum Gasteiger partial charge on any atom is 0.269 e. The van der Waals surface area contributed by atoms with Crippen molar-refractivity contribution in [1.29, 1.82) is 0 Å². The largest absolute Gasteiger partial charge is 0.312 e. The van der Waals surface area contributed by atoms with E-state index in [-0.39, 0.29) is 29.5 Å². The number of rotatable bonds is 4. The molecule has 1 aliphatic heterocycles. The molecule has 0 radical (unpaired) electrons. The van der Waals surface area contributed by atoms with Gasteiger partial charge in [-0.3, -0.25) is 25.2 Å². The van der Waals surface area contributed by atoms with Gasteiger partial charge in [0.25, 0.3) is 5.91 Å². The summed E-state index contributed by atoms with van der Waals surface area (Å²) < 4.78 is 0. The van der Waals surface area contributed by atoms with Gasteiger partial charge in [0.2, 0.25) is 11.8 Å². The average Bonchev–Trinajstić information content (AvgIpc) is 3.09. The molecule has 3 amide bonds. The SMILES string of the molecule is CCc1ccc(N2C[C@H](C(=O)NNC(=O)c3ccc(Cl)c(Cl)c3)CC2=O)cc1. The molecule has 0 aromatic heterocycles. The summed E-state index contributed by atoms with van der Waals surface area (Å²) in [6.45, 7) is 2.32. The van der Waals surface area contributed by atoms with Crippen LogP contribution in [0.15, 0.2) is 42.5 Å². The van der Waals surface area contributed by atoms with Crippen LogP contribution in [0.5, 0.6) is 0 Å². The lowest BCUT2D eigenvalue weighted by atomic mass is 10.1. The van der Waals surface area contributed by atoms with Gasteiger partial charge in [-0.2, -0.15) is 0 Å². The quantitative estimate of drug-likeness (QED) is 0.745. The van der Waals surface area contributed by atoms with Crippen molar-refractivity contribution in [3.8, 4) is 0 Å². The maximum atomic E-state index is 12.4. The van der Waals surface area contributed by atoms with Crippen molar-refractivity contribution in [1.82, 2.24) is 10.9 Å². The van der Waals surface area contributed by atoms with Crippen LogP contribution in [0.25, 0.3) is 0 Å². The zero-order chi connectivity index (χ0) is 20.3. The Balaban J connectivity index is 1.58. The molecule has 0 aliphatic carbocycles. The van der Waals surface area contributed by atoms with Crippen molar-refractivity contribution in [2.75, 3.05) is 11.4 Å². The van der Waals surface area contributed by atoms with E-state index in [4.69, 9.17) is 23.2 Å². The molecule has 1 saturated heterocycles. The number of hydrazine groups is 1. The lowest BCUT2D eigenvalue weighted by Gasteiger charge is -2.17. The van der Waals surface area contributed by atoms with Crippen LogP contribution in [-0.2, 0) is 16.0 Å². The first-order chi connectivity index (χ1) is 13.4. The van der Waals surface area contributed by atoms with Gasteiger partial charge >= 0.3 is 0 Å². The molecular formula is C20H19Cl2N3O3. The van der Waals surface area contributed by atoms with Gasteiger partial charge in [0, 0.05) is 24.2 Å². The van der Waals surface area contributed by atoms with Crippen LogP contribution in [0.1, 0.15) is 29.3 Å². The zero-order valence-electron chi connectivity index (χ0n) is 15.2. The Morgan fingerprint density at radius 2 is 1.79 bits per heavy atom. The molecule has 2 aromatic rings. The molecule has 1 atom stereocenters. The molecule has 8 heteroatoms.